The van der Waals surface area contributed by atoms with Gasteiger partial charge >= 0.3 is 0 Å². The van der Waals surface area contributed by atoms with Crippen molar-refractivity contribution in [1.82, 2.24) is 14.9 Å². The van der Waals surface area contributed by atoms with Crippen molar-refractivity contribution < 1.29 is 9.53 Å². The van der Waals surface area contributed by atoms with Crippen molar-refractivity contribution in [3.8, 4) is 17.0 Å². The number of nitrogens with one attached hydrogen (secondary N) is 1. The molecule has 0 saturated heterocycles. The van der Waals surface area contributed by atoms with E-state index in [0.717, 1.165) is 37.0 Å². The Labute approximate surface area is 146 Å². The van der Waals surface area contributed by atoms with Gasteiger partial charge in [0.1, 0.15) is 5.75 Å². The molecule has 6 nitrogen and oxygen atoms in total. The van der Waals surface area contributed by atoms with Crippen LogP contribution in [-0.2, 0) is 11.3 Å². The van der Waals surface area contributed by atoms with Crippen LogP contribution in [0.3, 0.4) is 0 Å². The van der Waals surface area contributed by atoms with Gasteiger partial charge < -0.3 is 10.1 Å². The van der Waals surface area contributed by atoms with Gasteiger partial charge in [0.15, 0.2) is 0 Å². The zero-order valence-electron chi connectivity index (χ0n) is 14.4. The van der Waals surface area contributed by atoms with Crippen molar-refractivity contribution in [2.45, 2.75) is 32.2 Å². The molecule has 1 aliphatic rings. The average molecular weight is 341 g/mol. The van der Waals surface area contributed by atoms with Gasteiger partial charge in [-0.25, -0.2) is 4.98 Å². The summed E-state index contributed by atoms with van der Waals surface area (Å²) >= 11 is 0. The average Bonchev–Trinajstić information content (AvgIpc) is 3.18. The molecule has 0 unspecified atom stereocenters. The Bertz CT molecular complexity index is 777. The molecule has 1 aromatic carbocycles. The topological polar surface area (TPSA) is 73.2 Å². The summed E-state index contributed by atoms with van der Waals surface area (Å²) in [5.74, 6) is 1.01. The van der Waals surface area contributed by atoms with Crippen molar-refractivity contribution in [1.29, 1.82) is 0 Å². The molecule has 2 aromatic rings. The molecule has 3 rings (SSSR count). The van der Waals surface area contributed by atoms with Gasteiger partial charge in [-0.1, -0.05) is 12.8 Å². The number of amides is 1. The summed E-state index contributed by atoms with van der Waals surface area (Å²) in [6.45, 7) is 0.867. The lowest BCUT2D eigenvalue weighted by Gasteiger charge is -2.11. The highest BCUT2D eigenvalue weighted by molar-refractivity contribution is 5.78. The molecule has 0 aliphatic heterocycles. The van der Waals surface area contributed by atoms with Gasteiger partial charge in [0.05, 0.1) is 19.1 Å². The number of carbonyl (C=O) groups excluding carboxylic acids is 1. The smallest absolute Gasteiger partial charge is 0.253 e. The highest BCUT2D eigenvalue weighted by Crippen LogP contribution is 2.24. The van der Waals surface area contributed by atoms with E-state index >= 15 is 0 Å². The zero-order valence-corrected chi connectivity index (χ0v) is 14.4. The van der Waals surface area contributed by atoms with Crippen LogP contribution in [0.2, 0.25) is 0 Å². The van der Waals surface area contributed by atoms with Gasteiger partial charge in [-0.3, -0.25) is 14.2 Å². The third-order valence-corrected chi connectivity index (χ3v) is 4.64. The van der Waals surface area contributed by atoms with Crippen LogP contribution in [0.15, 0.2) is 41.5 Å². The molecule has 1 fully saturated rings. The first kappa shape index (κ1) is 17.2. The molecule has 0 atom stereocenters. The Morgan fingerprint density at radius 3 is 2.64 bits per heavy atom. The maximum Gasteiger partial charge on any atom is 0.253 e. The molecule has 1 aliphatic carbocycles. The largest absolute Gasteiger partial charge is 0.497 e. The fourth-order valence-electron chi connectivity index (χ4n) is 3.15. The minimum atomic E-state index is -0.129. The molecule has 1 amide bonds. The van der Waals surface area contributed by atoms with E-state index in [1.165, 1.54) is 17.0 Å². The lowest BCUT2D eigenvalue weighted by Crippen LogP contribution is -2.34. The minimum Gasteiger partial charge on any atom is -0.497 e. The molecule has 25 heavy (non-hydrogen) atoms. The molecule has 1 N–H and O–H groups in total. The number of hydrogen-bond donors (Lipinski definition) is 1. The maximum absolute atomic E-state index is 12.3. The van der Waals surface area contributed by atoms with Crippen LogP contribution in [0.4, 0.5) is 0 Å². The van der Waals surface area contributed by atoms with E-state index < -0.39 is 0 Å². The van der Waals surface area contributed by atoms with Gasteiger partial charge in [0, 0.05) is 30.6 Å². The van der Waals surface area contributed by atoms with E-state index in [1.54, 1.807) is 7.11 Å². The highest BCUT2D eigenvalue weighted by atomic mass is 16.5. The third kappa shape index (κ3) is 4.26. The SMILES string of the molecule is COc1ccc(-c2cc(=O)n(CCNC(=O)C3CCCC3)cn2)cc1. The van der Waals surface area contributed by atoms with Gasteiger partial charge in [0.2, 0.25) is 5.91 Å². The second-order valence-electron chi connectivity index (χ2n) is 6.31. The van der Waals surface area contributed by atoms with E-state index in [2.05, 4.69) is 10.3 Å². The number of carbonyl (C=O) groups is 1. The lowest BCUT2D eigenvalue weighted by molar-refractivity contribution is -0.124. The number of methoxy groups -OCH3 is 1. The quantitative estimate of drug-likeness (QED) is 0.874. The van der Waals surface area contributed by atoms with Crippen LogP contribution >= 0.6 is 0 Å². The minimum absolute atomic E-state index is 0.105. The Morgan fingerprint density at radius 2 is 2.00 bits per heavy atom. The Kier molecular flexibility index (Phi) is 5.48. The monoisotopic (exact) mass is 341 g/mol. The number of aromatic nitrogens is 2. The van der Waals surface area contributed by atoms with Crippen LogP contribution in [0.1, 0.15) is 25.7 Å². The Hall–Kier alpha value is -2.63. The fourth-order valence-corrected chi connectivity index (χ4v) is 3.15. The first-order chi connectivity index (χ1) is 12.2. The van der Waals surface area contributed by atoms with Crippen LogP contribution in [0.25, 0.3) is 11.3 Å². The zero-order chi connectivity index (χ0) is 17.6. The number of ether oxygens (including phenoxy) is 1. The van der Waals surface area contributed by atoms with E-state index in [9.17, 15) is 9.59 Å². The number of benzene rings is 1. The standard InChI is InChI=1S/C19H23N3O3/c1-25-16-8-6-14(7-9-16)17-12-18(23)22(13-21-17)11-10-20-19(24)15-4-2-3-5-15/h6-9,12-13,15H,2-5,10-11H2,1H3,(H,20,24). The summed E-state index contributed by atoms with van der Waals surface area (Å²) in [6, 6.07) is 8.92. The molecule has 1 heterocycles. The number of nitrogens with zero attached hydrogens (tertiary/aromatic N) is 2. The summed E-state index contributed by atoms with van der Waals surface area (Å²) in [5.41, 5.74) is 1.36. The molecule has 0 bridgehead atoms. The Morgan fingerprint density at radius 1 is 1.28 bits per heavy atom. The fraction of sp³-hybridized carbons (Fsp3) is 0.421. The van der Waals surface area contributed by atoms with Crippen molar-refractivity contribution in [2.75, 3.05) is 13.7 Å². The molecule has 6 heteroatoms. The normalized spacial score (nSPS) is 14.4. The van der Waals surface area contributed by atoms with Crippen molar-refractivity contribution in [2.24, 2.45) is 5.92 Å². The van der Waals surface area contributed by atoms with E-state index in [0.29, 0.717) is 18.8 Å². The van der Waals surface area contributed by atoms with Gasteiger partial charge in [0.25, 0.3) is 5.56 Å². The summed E-state index contributed by atoms with van der Waals surface area (Å²) in [4.78, 5) is 28.6. The third-order valence-electron chi connectivity index (χ3n) is 4.64. The van der Waals surface area contributed by atoms with Crippen LogP contribution in [0.5, 0.6) is 5.75 Å². The van der Waals surface area contributed by atoms with Gasteiger partial charge in [-0.05, 0) is 37.1 Å². The van der Waals surface area contributed by atoms with Gasteiger partial charge in [-0.15, -0.1) is 0 Å². The molecule has 132 valence electrons. The number of rotatable bonds is 6. The second-order valence-corrected chi connectivity index (χ2v) is 6.31. The van der Waals surface area contributed by atoms with E-state index in [-0.39, 0.29) is 17.4 Å². The van der Waals surface area contributed by atoms with E-state index in [1.807, 2.05) is 24.3 Å². The lowest BCUT2D eigenvalue weighted by atomic mass is 10.1. The molecular weight excluding hydrogens is 318 g/mol. The summed E-state index contributed by atoms with van der Waals surface area (Å²) in [6.07, 6.45) is 5.75. The predicted octanol–water partition coefficient (Wildman–Crippen LogP) is 2.23. The van der Waals surface area contributed by atoms with Crippen molar-refractivity contribution in [3.05, 3.63) is 47.0 Å². The van der Waals surface area contributed by atoms with Crippen LogP contribution in [0, 0.1) is 5.92 Å². The maximum atomic E-state index is 12.3. The number of hydrogen-bond acceptors (Lipinski definition) is 4. The predicted molar refractivity (Wildman–Crippen MR) is 95.5 cm³/mol. The highest BCUT2D eigenvalue weighted by Gasteiger charge is 2.21. The Balaban J connectivity index is 1.59. The van der Waals surface area contributed by atoms with Gasteiger partial charge in [-0.2, -0.15) is 0 Å². The molecule has 1 aromatic heterocycles. The molecular formula is C19H23N3O3. The summed E-state index contributed by atoms with van der Waals surface area (Å²) < 4.78 is 6.64. The van der Waals surface area contributed by atoms with Crippen LogP contribution in [-0.4, -0.2) is 29.1 Å². The summed E-state index contributed by atoms with van der Waals surface area (Å²) in [5, 5.41) is 2.92. The van der Waals surface area contributed by atoms with Crippen LogP contribution < -0.4 is 15.6 Å². The molecule has 0 radical (unpaired) electrons. The summed E-state index contributed by atoms with van der Waals surface area (Å²) in [7, 11) is 1.61. The first-order valence-electron chi connectivity index (χ1n) is 8.66. The molecule has 1 saturated carbocycles. The van der Waals surface area contributed by atoms with E-state index in [4.69, 9.17) is 4.74 Å². The van der Waals surface area contributed by atoms with Crippen molar-refractivity contribution >= 4 is 5.91 Å². The molecule has 0 spiro atoms. The van der Waals surface area contributed by atoms with Crippen molar-refractivity contribution in [3.63, 3.8) is 0 Å². The second kappa shape index (κ2) is 7.96. The first-order valence-corrected chi connectivity index (χ1v) is 8.66.